The predicted octanol–water partition coefficient (Wildman–Crippen LogP) is 4.43. The third-order valence-corrected chi connectivity index (χ3v) is 7.05. The van der Waals surface area contributed by atoms with Gasteiger partial charge < -0.3 is 9.80 Å². The van der Waals surface area contributed by atoms with E-state index < -0.39 is 0 Å². The third-order valence-electron chi connectivity index (χ3n) is 6.75. The lowest BCUT2D eigenvalue weighted by Crippen LogP contribution is -2.63. The van der Waals surface area contributed by atoms with Crippen molar-refractivity contribution in [2.24, 2.45) is 5.41 Å². The molecule has 132 valence electrons. The lowest BCUT2D eigenvalue weighted by atomic mass is 9.71. The van der Waals surface area contributed by atoms with Crippen LogP contribution in [0.1, 0.15) is 65.7 Å². The quantitative estimate of drug-likeness (QED) is 0.736. The van der Waals surface area contributed by atoms with E-state index in [1.54, 1.807) is 0 Å². The highest BCUT2D eigenvalue weighted by molar-refractivity contribution is 6.30. The molecule has 3 nitrogen and oxygen atoms in total. The summed E-state index contributed by atoms with van der Waals surface area (Å²) in [5, 5.41) is 0.889. The number of piperidine rings is 1. The molecule has 0 aromatic carbocycles. The second-order valence-electron chi connectivity index (χ2n) is 8.88. The molecule has 1 amide bonds. The van der Waals surface area contributed by atoms with Gasteiger partial charge in [0.2, 0.25) is 5.91 Å². The monoisotopic (exact) mass is 348 g/mol. The van der Waals surface area contributed by atoms with Crippen molar-refractivity contribution in [3.8, 4) is 0 Å². The highest BCUT2D eigenvalue weighted by atomic mass is 35.5. The van der Waals surface area contributed by atoms with Crippen molar-refractivity contribution in [2.45, 2.75) is 77.3 Å². The fourth-order valence-electron chi connectivity index (χ4n) is 5.25. The first kappa shape index (κ1) is 16.7. The minimum atomic E-state index is -0.372. The Morgan fingerprint density at radius 2 is 1.75 bits per heavy atom. The minimum absolute atomic E-state index is 0.0431. The molecule has 0 N–H and O–H groups in total. The molecule has 2 heterocycles. The van der Waals surface area contributed by atoms with Crippen molar-refractivity contribution in [3.05, 3.63) is 22.4 Å². The molecule has 0 bridgehead atoms. The summed E-state index contributed by atoms with van der Waals surface area (Å²) in [4.78, 5) is 18.0. The summed E-state index contributed by atoms with van der Waals surface area (Å²) in [5.41, 5.74) is 1.99. The van der Waals surface area contributed by atoms with Gasteiger partial charge in [0.1, 0.15) is 0 Å². The number of halogens is 1. The van der Waals surface area contributed by atoms with Gasteiger partial charge in [-0.15, -0.1) is 0 Å². The van der Waals surface area contributed by atoms with Crippen molar-refractivity contribution >= 4 is 17.5 Å². The molecule has 4 aliphatic rings. The Labute approximate surface area is 150 Å². The van der Waals surface area contributed by atoms with Crippen LogP contribution in [0.5, 0.6) is 0 Å². The second kappa shape index (κ2) is 5.60. The van der Waals surface area contributed by atoms with Gasteiger partial charge in [-0.25, -0.2) is 0 Å². The third kappa shape index (κ3) is 2.39. The molecular weight excluding hydrogens is 320 g/mol. The maximum Gasteiger partial charge on any atom is 0.237 e. The molecular formula is C20H29ClN2O. The van der Waals surface area contributed by atoms with E-state index >= 15 is 0 Å². The number of hydrogen-bond donors (Lipinski definition) is 0. The molecule has 0 aromatic rings. The van der Waals surface area contributed by atoms with Crippen LogP contribution in [-0.2, 0) is 4.79 Å². The van der Waals surface area contributed by atoms with Gasteiger partial charge in [0.05, 0.1) is 5.41 Å². The van der Waals surface area contributed by atoms with E-state index in [0.717, 1.165) is 36.4 Å². The molecule has 1 saturated carbocycles. The van der Waals surface area contributed by atoms with Gasteiger partial charge in [-0.3, -0.25) is 4.79 Å². The van der Waals surface area contributed by atoms with E-state index in [1.165, 1.54) is 37.9 Å². The summed E-state index contributed by atoms with van der Waals surface area (Å²) >= 11 is 6.33. The largest absolute Gasteiger partial charge is 0.306 e. The molecule has 2 aliphatic heterocycles. The zero-order valence-corrected chi connectivity index (χ0v) is 16.0. The number of carbonyl (C=O) groups is 1. The van der Waals surface area contributed by atoms with E-state index in [2.05, 4.69) is 36.6 Å². The zero-order valence-electron chi connectivity index (χ0n) is 15.2. The van der Waals surface area contributed by atoms with Crippen molar-refractivity contribution < 1.29 is 4.79 Å². The Kier molecular flexibility index (Phi) is 3.89. The van der Waals surface area contributed by atoms with Crippen LogP contribution in [0.2, 0.25) is 0 Å². The van der Waals surface area contributed by atoms with Crippen molar-refractivity contribution in [2.75, 3.05) is 13.1 Å². The van der Waals surface area contributed by atoms with Gasteiger partial charge >= 0.3 is 0 Å². The molecule has 4 rings (SSSR count). The summed E-state index contributed by atoms with van der Waals surface area (Å²) in [7, 11) is 0. The van der Waals surface area contributed by atoms with E-state index in [0.29, 0.717) is 6.04 Å². The molecule has 24 heavy (non-hydrogen) atoms. The van der Waals surface area contributed by atoms with Gasteiger partial charge in [-0.1, -0.05) is 18.0 Å². The van der Waals surface area contributed by atoms with Crippen molar-refractivity contribution in [1.82, 2.24) is 9.80 Å². The van der Waals surface area contributed by atoms with Gasteiger partial charge in [0, 0.05) is 22.3 Å². The molecule has 0 radical (unpaired) electrons. The number of likely N-dealkylation sites (tertiary alicyclic amines) is 1. The fraction of sp³-hybridized carbons (Fsp3) is 0.750. The number of rotatable bonds is 2. The standard InChI is InChI=1S/C20H29ClN2O/c1-19(2)16-8-7-14(21)11-17(16)23(18(19)24)20(3)12-15(13-20)22-9-5-4-6-10-22/h11,15H,4-10,12-13H2,1-3H3. The van der Waals surface area contributed by atoms with Crippen LogP contribution in [0.3, 0.4) is 0 Å². The van der Waals surface area contributed by atoms with Crippen LogP contribution in [0, 0.1) is 5.41 Å². The average Bonchev–Trinajstić information content (AvgIpc) is 2.72. The molecule has 2 aliphatic carbocycles. The van der Waals surface area contributed by atoms with Crippen LogP contribution in [0.15, 0.2) is 22.4 Å². The first-order valence-electron chi connectivity index (χ1n) is 9.51. The average molecular weight is 349 g/mol. The maximum absolute atomic E-state index is 13.2. The Bertz CT molecular complexity index is 622. The van der Waals surface area contributed by atoms with E-state index in [4.69, 9.17) is 11.6 Å². The molecule has 0 unspecified atom stereocenters. The fourth-order valence-corrected chi connectivity index (χ4v) is 5.44. The van der Waals surface area contributed by atoms with Gasteiger partial charge in [-0.2, -0.15) is 0 Å². The zero-order chi connectivity index (χ0) is 17.1. The highest BCUT2D eigenvalue weighted by Crippen LogP contribution is 2.53. The topological polar surface area (TPSA) is 23.6 Å². The van der Waals surface area contributed by atoms with Gasteiger partial charge in [-0.05, 0) is 84.0 Å². The van der Waals surface area contributed by atoms with Crippen LogP contribution in [0.25, 0.3) is 0 Å². The predicted molar refractivity (Wildman–Crippen MR) is 97.7 cm³/mol. The minimum Gasteiger partial charge on any atom is -0.306 e. The second-order valence-corrected chi connectivity index (χ2v) is 9.36. The van der Waals surface area contributed by atoms with E-state index in [-0.39, 0.29) is 16.9 Å². The summed E-state index contributed by atoms with van der Waals surface area (Å²) in [6.45, 7) is 8.91. The van der Waals surface area contributed by atoms with Gasteiger partial charge in [0.25, 0.3) is 0 Å². The Balaban J connectivity index is 1.57. The summed E-state index contributed by atoms with van der Waals surface area (Å²) < 4.78 is 0. The molecule has 0 atom stereocenters. The van der Waals surface area contributed by atoms with E-state index in [1.807, 2.05) is 0 Å². The first-order chi connectivity index (χ1) is 11.3. The number of carbonyl (C=O) groups excluding carboxylic acids is 1. The smallest absolute Gasteiger partial charge is 0.237 e. The number of allylic oxidation sites excluding steroid dienone is 2. The normalized spacial score (nSPS) is 36.5. The van der Waals surface area contributed by atoms with Crippen LogP contribution >= 0.6 is 11.6 Å². The molecule has 2 fully saturated rings. The lowest BCUT2D eigenvalue weighted by molar-refractivity contribution is -0.144. The molecule has 0 spiro atoms. The van der Waals surface area contributed by atoms with Crippen LogP contribution < -0.4 is 0 Å². The summed E-state index contributed by atoms with van der Waals surface area (Å²) in [6.07, 6.45) is 10.1. The summed E-state index contributed by atoms with van der Waals surface area (Å²) in [6, 6.07) is 0.652. The van der Waals surface area contributed by atoms with Gasteiger partial charge in [0.15, 0.2) is 0 Å². The number of hydrogen-bond acceptors (Lipinski definition) is 2. The van der Waals surface area contributed by atoms with Crippen LogP contribution in [0.4, 0.5) is 0 Å². The Hall–Kier alpha value is -0.800. The highest BCUT2D eigenvalue weighted by Gasteiger charge is 2.56. The Morgan fingerprint density at radius 1 is 1.08 bits per heavy atom. The first-order valence-corrected chi connectivity index (χ1v) is 9.89. The van der Waals surface area contributed by atoms with Crippen LogP contribution in [-0.4, -0.2) is 40.4 Å². The van der Waals surface area contributed by atoms with E-state index in [9.17, 15) is 4.79 Å². The van der Waals surface area contributed by atoms with Crippen molar-refractivity contribution in [1.29, 1.82) is 0 Å². The lowest BCUT2D eigenvalue weighted by Gasteiger charge is -2.55. The maximum atomic E-state index is 13.2. The van der Waals surface area contributed by atoms with Crippen molar-refractivity contribution in [3.63, 3.8) is 0 Å². The SMILES string of the molecule is CC1(C)C(=O)N(C2(C)CC(N3CCCCC3)C2)C2=C1CCC(Cl)=C2. The number of nitrogens with zero attached hydrogens (tertiary/aromatic N) is 2. The molecule has 0 aromatic heterocycles. The molecule has 4 heteroatoms. The summed E-state index contributed by atoms with van der Waals surface area (Å²) in [5.74, 6) is 0.273. The Morgan fingerprint density at radius 3 is 2.42 bits per heavy atom. The molecule has 1 saturated heterocycles. The number of amides is 1.